The van der Waals surface area contributed by atoms with E-state index in [4.69, 9.17) is 4.74 Å². The third-order valence-electron chi connectivity index (χ3n) is 1.67. The Balaban J connectivity index is 1.99. The molecule has 3 aliphatic rings. The standard InChI is InChI=1S/C5H9NO/c1-2-6-5-3-4(1)7-5/h4-6H,1-3H2. The minimum Gasteiger partial charge on any atom is -0.360 e. The Morgan fingerprint density at radius 3 is 2.57 bits per heavy atom. The van der Waals surface area contributed by atoms with Crippen molar-refractivity contribution in [3.63, 3.8) is 0 Å². The van der Waals surface area contributed by atoms with Crippen molar-refractivity contribution in [2.24, 2.45) is 0 Å². The molecule has 2 bridgehead atoms. The molecule has 0 aromatic rings. The minimum absolute atomic E-state index is 0.429. The molecule has 0 saturated carbocycles. The maximum atomic E-state index is 5.26. The summed E-state index contributed by atoms with van der Waals surface area (Å²) in [5.41, 5.74) is 0. The zero-order valence-electron chi connectivity index (χ0n) is 4.18. The van der Waals surface area contributed by atoms with E-state index in [2.05, 4.69) is 5.32 Å². The van der Waals surface area contributed by atoms with Crippen molar-refractivity contribution in [3.8, 4) is 0 Å². The summed E-state index contributed by atoms with van der Waals surface area (Å²) in [5, 5.41) is 3.23. The highest BCUT2D eigenvalue weighted by Crippen LogP contribution is 2.24. The zero-order chi connectivity index (χ0) is 4.69. The van der Waals surface area contributed by atoms with Crippen LogP contribution in [0.4, 0.5) is 0 Å². The molecule has 0 spiro atoms. The van der Waals surface area contributed by atoms with Crippen molar-refractivity contribution >= 4 is 0 Å². The third-order valence-corrected chi connectivity index (χ3v) is 1.67. The van der Waals surface area contributed by atoms with Gasteiger partial charge in [0.05, 0.1) is 6.10 Å². The molecule has 2 unspecified atom stereocenters. The van der Waals surface area contributed by atoms with Gasteiger partial charge in [0.1, 0.15) is 6.23 Å². The number of piperidine rings is 1. The molecule has 0 aromatic heterocycles. The molecule has 1 N–H and O–H groups in total. The van der Waals surface area contributed by atoms with E-state index in [0.29, 0.717) is 12.3 Å². The SMILES string of the molecule is C1CC2CC(N1)O2. The largest absolute Gasteiger partial charge is 0.360 e. The molecule has 7 heavy (non-hydrogen) atoms. The number of hydrogen-bond acceptors (Lipinski definition) is 2. The average Bonchev–Trinajstić information content (AvgIpc) is 1.67. The van der Waals surface area contributed by atoms with Crippen molar-refractivity contribution in [2.75, 3.05) is 6.54 Å². The molecule has 3 aliphatic heterocycles. The van der Waals surface area contributed by atoms with E-state index in [1.54, 1.807) is 0 Å². The summed E-state index contributed by atoms with van der Waals surface area (Å²) in [6, 6.07) is 0. The van der Waals surface area contributed by atoms with Gasteiger partial charge in [-0.15, -0.1) is 0 Å². The van der Waals surface area contributed by atoms with E-state index in [9.17, 15) is 0 Å². The normalized spacial score (nSPS) is 48.0. The topological polar surface area (TPSA) is 21.3 Å². The number of fused-ring (bicyclic) bond motifs is 2. The van der Waals surface area contributed by atoms with Gasteiger partial charge in [0, 0.05) is 6.42 Å². The van der Waals surface area contributed by atoms with Crippen LogP contribution < -0.4 is 5.32 Å². The highest BCUT2D eigenvalue weighted by atomic mass is 16.5. The van der Waals surface area contributed by atoms with Gasteiger partial charge in [-0.05, 0) is 13.0 Å². The molecule has 0 amide bonds. The van der Waals surface area contributed by atoms with Crippen LogP contribution in [0.3, 0.4) is 0 Å². The van der Waals surface area contributed by atoms with Crippen LogP contribution in [-0.2, 0) is 4.74 Å². The maximum Gasteiger partial charge on any atom is 0.110 e. The van der Waals surface area contributed by atoms with Gasteiger partial charge in [0.2, 0.25) is 0 Å². The lowest BCUT2D eigenvalue weighted by Crippen LogP contribution is -2.53. The quantitative estimate of drug-likeness (QED) is 0.465. The fourth-order valence-corrected chi connectivity index (χ4v) is 1.18. The second-order valence-electron chi connectivity index (χ2n) is 2.23. The summed E-state index contributed by atoms with van der Waals surface area (Å²) in [5.74, 6) is 0. The lowest BCUT2D eigenvalue weighted by molar-refractivity contribution is -0.166. The molecule has 2 nitrogen and oxygen atoms in total. The maximum absolute atomic E-state index is 5.26. The van der Waals surface area contributed by atoms with E-state index in [1.165, 1.54) is 12.8 Å². The average molecular weight is 99.1 g/mol. The van der Waals surface area contributed by atoms with Gasteiger partial charge in [-0.1, -0.05) is 0 Å². The molecule has 3 heterocycles. The Labute approximate surface area is 42.9 Å². The zero-order valence-corrected chi connectivity index (χ0v) is 4.18. The molecule has 0 radical (unpaired) electrons. The van der Waals surface area contributed by atoms with Crippen LogP contribution in [0.15, 0.2) is 0 Å². The van der Waals surface area contributed by atoms with Crippen LogP contribution >= 0.6 is 0 Å². The smallest absolute Gasteiger partial charge is 0.110 e. The van der Waals surface area contributed by atoms with Crippen LogP contribution in [0, 0.1) is 0 Å². The lowest BCUT2D eigenvalue weighted by atomic mass is 10.0. The van der Waals surface area contributed by atoms with Crippen molar-refractivity contribution in [3.05, 3.63) is 0 Å². The van der Waals surface area contributed by atoms with Gasteiger partial charge in [-0.2, -0.15) is 0 Å². The molecule has 0 aliphatic carbocycles. The van der Waals surface area contributed by atoms with Gasteiger partial charge < -0.3 is 4.74 Å². The second kappa shape index (κ2) is 1.20. The summed E-state index contributed by atoms with van der Waals surface area (Å²) >= 11 is 0. The number of ether oxygens (including phenoxy) is 1. The van der Waals surface area contributed by atoms with Crippen molar-refractivity contribution in [2.45, 2.75) is 25.2 Å². The van der Waals surface area contributed by atoms with E-state index in [1.807, 2.05) is 0 Å². The summed E-state index contributed by atoms with van der Waals surface area (Å²) in [7, 11) is 0. The van der Waals surface area contributed by atoms with Crippen LogP contribution in [0.5, 0.6) is 0 Å². The first-order valence-corrected chi connectivity index (χ1v) is 2.84. The Hall–Kier alpha value is -0.0800. The van der Waals surface area contributed by atoms with Crippen molar-refractivity contribution in [1.29, 1.82) is 0 Å². The first-order chi connectivity index (χ1) is 3.45. The van der Waals surface area contributed by atoms with E-state index in [0.717, 1.165) is 6.54 Å². The van der Waals surface area contributed by atoms with E-state index in [-0.39, 0.29) is 0 Å². The first-order valence-electron chi connectivity index (χ1n) is 2.84. The van der Waals surface area contributed by atoms with Gasteiger partial charge in [0.25, 0.3) is 0 Å². The molecule has 2 atom stereocenters. The fourth-order valence-electron chi connectivity index (χ4n) is 1.18. The third kappa shape index (κ3) is 0.469. The minimum atomic E-state index is 0.429. The van der Waals surface area contributed by atoms with Gasteiger partial charge in [0.15, 0.2) is 0 Å². The first kappa shape index (κ1) is 3.87. The molecule has 3 rings (SSSR count). The highest BCUT2D eigenvalue weighted by Gasteiger charge is 2.33. The number of hydrogen-bond donors (Lipinski definition) is 1. The molecular formula is C5H9NO. The van der Waals surface area contributed by atoms with Crippen molar-refractivity contribution < 1.29 is 4.74 Å². The predicted octanol–water partition coefficient (Wildman–Crippen LogP) is 0.0947. The lowest BCUT2D eigenvalue weighted by Gasteiger charge is -2.41. The van der Waals surface area contributed by atoms with Crippen molar-refractivity contribution in [1.82, 2.24) is 5.32 Å². The van der Waals surface area contributed by atoms with E-state index < -0.39 is 0 Å². The molecule has 40 valence electrons. The van der Waals surface area contributed by atoms with Crippen LogP contribution in [0.1, 0.15) is 12.8 Å². The summed E-state index contributed by atoms with van der Waals surface area (Å²) < 4.78 is 5.26. The van der Waals surface area contributed by atoms with Crippen LogP contribution in [0.25, 0.3) is 0 Å². The fraction of sp³-hybridized carbons (Fsp3) is 1.00. The Morgan fingerprint density at radius 2 is 2.43 bits per heavy atom. The Morgan fingerprint density at radius 1 is 1.57 bits per heavy atom. The molecule has 3 fully saturated rings. The highest BCUT2D eigenvalue weighted by molar-refractivity contribution is 4.81. The second-order valence-corrected chi connectivity index (χ2v) is 2.23. The van der Waals surface area contributed by atoms with Crippen LogP contribution in [-0.4, -0.2) is 18.9 Å². The summed E-state index contributed by atoms with van der Waals surface area (Å²) in [6.07, 6.45) is 3.52. The Bertz CT molecular complexity index is 64.6. The number of nitrogens with one attached hydrogen (secondary N) is 1. The number of rotatable bonds is 0. The predicted molar refractivity (Wildman–Crippen MR) is 25.9 cm³/mol. The molecular weight excluding hydrogens is 90.1 g/mol. The molecule has 0 aromatic carbocycles. The summed E-state index contributed by atoms with van der Waals surface area (Å²) in [4.78, 5) is 0. The summed E-state index contributed by atoms with van der Waals surface area (Å²) in [6.45, 7) is 1.16. The molecule has 2 heteroatoms. The van der Waals surface area contributed by atoms with Gasteiger partial charge in [-0.3, -0.25) is 5.32 Å². The van der Waals surface area contributed by atoms with E-state index >= 15 is 0 Å². The van der Waals surface area contributed by atoms with Gasteiger partial charge in [-0.25, -0.2) is 0 Å². The monoisotopic (exact) mass is 99.1 g/mol. The van der Waals surface area contributed by atoms with Gasteiger partial charge >= 0.3 is 0 Å². The Kier molecular flexibility index (Phi) is 0.664. The molecule has 3 saturated heterocycles. The van der Waals surface area contributed by atoms with Crippen LogP contribution in [0.2, 0.25) is 0 Å².